The smallest absolute Gasteiger partial charge is 0.457 e. The maximum Gasteiger partial charge on any atom is 0.458 e. The molecule has 4 rings (SSSR count). The van der Waals surface area contributed by atoms with Crippen molar-refractivity contribution in [3.63, 3.8) is 0 Å². The van der Waals surface area contributed by atoms with Crippen molar-refractivity contribution in [2.45, 2.75) is 24.2 Å². The lowest BCUT2D eigenvalue weighted by Gasteiger charge is -2.23. The third kappa shape index (κ3) is 5.38. The Bertz CT molecular complexity index is 1450. The average molecular weight is 578 g/mol. The standard InChI is InChI=1S/C26H16F10N2O2/c27-23(28,25(31,32)33)19-11-15(37)3-7-21(19)39-17-5-1-13-2-6-18(10-14(13)9-17)40-22-8-4-16(38)12-20(22)24(29,30)26(34,35)36/h1-12H,37-38H2. The Labute approximate surface area is 218 Å². The molecule has 0 amide bonds. The van der Waals surface area contributed by atoms with E-state index in [9.17, 15) is 43.9 Å². The third-order valence-electron chi connectivity index (χ3n) is 5.63. The van der Waals surface area contributed by atoms with Crippen LogP contribution >= 0.6 is 0 Å². The average Bonchev–Trinajstić information content (AvgIpc) is 2.84. The Morgan fingerprint density at radius 3 is 1.18 bits per heavy atom. The van der Waals surface area contributed by atoms with E-state index < -0.39 is 46.8 Å². The lowest BCUT2D eigenvalue weighted by molar-refractivity contribution is -0.289. The first-order chi connectivity index (χ1) is 18.4. The highest BCUT2D eigenvalue weighted by atomic mass is 19.4. The van der Waals surface area contributed by atoms with Crippen LogP contribution in [0.2, 0.25) is 0 Å². The molecule has 0 unspecified atom stereocenters. The van der Waals surface area contributed by atoms with Crippen molar-refractivity contribution in [1.29, 1.82) is 0 Å². The number of fused-ring (bicyclic) bond motifs is 1. The summed E-state index contributed by atoms with van der Waals surface area (Å²) in [4.78, 5) is 0. The van der Waals surface area contributed by atoms with Crippen molar-refractivity contribution in [2.75, 3.05) is 11.5 Å². The fourth-order valence-corrected chi connectivity index (χ4v) is 3.65. The van der Waals surface area contributed by atoms with Crippen molar-refractivity contribution in [3.8, 4) is 23.0 Å². The molecule has 4 aromatic carbocycles. The van der Waals surface area contributed by atoms with E-state index in [1.165, 1.54) is 36.4 Å². The van der Waals surface area contributed by atoms with Gasteiger partial charge in [-0.2, -0.15) is 43.9 Å². The number of hydrogen-bond acceptors (Lipinski definition) is 4. The van der Waals surface area contributed by atoms with E-state index in [4.69, 9.17) is 20.9 Å². The van der Waals surface area contributed by atoms with Crippen LogP contribution in [0.4, 0.5) is 55.3 Å². The highest BCUT2D eigenvalue weighted by molar-refractivity contribution is 5.85. The fraction of sp³-hybridized carbons (Fsp3) is 0.154. The van der Waals surface area contributed by atoms with Gasteiger partial charge in [0.1, 0.15) is 23.0 Å². The van der Waals surface area contributed by atoms with Crippen LogP contribution in [0.1, 0.15) is 11.1 Å². The molecule has 0 saturated heterocycles. The fourth-order valence-electron chi connectivity index (χ4n) is 3.65. The molecule has 0 aromatic heterocycles. The third-order valence-corrected chi connectivity index (χ3v) is 5.63. The van der Waals surface area contributed by atoms with Crippen molar-refractivity contribution in [2.24, 2.45) is 0 Å². The number of rotatable bonds is 6. The molecular formula is C26H16F10N2O2. The summed E-state index contributed by atoms with van der Waals surface area (Å²) < 4.78 is 145. The zero-order valence-electron chi connectivity index (χ0n) is 19.7. The second-order valence-corrected chi connectivity index (χ2v) is 8.53. The number of benzene rings is 4. The Morgan fingerprint density at radius 2 is 0.825 bits per heavy atom. The van der Waals surface area contributed by atoms with Crippen LogP contribution in [0.25, 0.3) is 10.8 Å². The number of nitrogens with two attached hydrogens (primary N) is 2. The van der Waals surface area contributed by atoms with Crippen LogP contribution in [-0.4, -0.2) is 12.4 Å². The second kappa shape index (κ2) is 9.68. The molecule has 14 heteroatoms. The molecule has 0 radical (unpaired) electrons. The van der Waals surface area contributed by atoms with E-state index in [-0.39, 0.29) is 28.3 Å². The minimum Gasteiger partial charge on any atom is -0.457 e. The van der Waals surface area contributed by atoms with Crippen LogP contribution in [-0.2, 0) is 11.8 Å². The first kappa shape index (κ1) is 28.6. The molecule has 212 valence electrons. The van der Waals surface area contributed by atoms with E-state index in [0.29, 0.717) is 17.5 Å². The second-order valence-electron chi connectivity index (χ2n) is 8.53. The summed E-state index contributed by atoms with van der Waals surface area (Å²) in [5.74, 6) is -12.7. The summed E-state index contributed by atoms with van der Waals surface area (Å²) in [5.41, 5.74) is 7.00. The predicted molar refractivity (Wildman–Crippen MR) is 126 cm³/mol. The lowest BCUT2D eigenvalue weighted by atomic mass is 10.1. The molecule has 40 heavy (non-hydrogen) atoms. The van der Waals surface area contributed by atoms with E-state index in [0.717, 1.165) is 24.3 Å². The molecule has 0 spiro atoms. The zero-order chi connectivity index (χ0) is 29.7. The number of hydrogen-bond donors (Lipinski definition) is 2. The topological polar surface area (TPSA) is 70.5 Å². The molecular weight excluding hydrogens is 562 g/mol. The van der Waals surface area contributed by atoms with Gasteiger partial charge in [-0.3, -0.25) is 0 Å². The largest absolute Gasteiger partial charge is 0.458 e. The van der Waals surface area contributed by atoms with Gasteiger partial charge in [0.2, 0.25) is 0 Å². The van der Waals surface area contributed by atoms with Gasteiger partial charge in [0.25, 0.3) is 0 Å². The van der Waals surface area contributed by atoms with E-state index in [1.807, 2.05) is 0 Å². The highest BCUT2D eigenvalue weighted by Gasteiger charge is 2.61. The maximum absolute atomic E-state index is 14.1. The summed E-state index contributed by atoms with van der Waals surface area (Å²) in [6.45, 7) is 0. The summed E-state index contributed by atoms with van der Waals surface area (Å²) in [7, 11) is 0. The zero-order valence-corrected chi connectivity index (χ0v) is 19.7. The predicted octanol–water partition coefficient (Wildman–Crippen LogP) is 8.90. The molecule has 0 fully saturated rings. The van der Waals surface area contributed by atoms with Crippen LogP contribution in [0.3, 0.4) is 0 Å². The van der Waals surface area contributed by atoms with Gasteiger partial charge in [0.05, 0.1) is 11.1 Å². The van der Waals surface area contributed by atoms with Crippen LogP contribution in [0.5, 0.6) is 23.0 Å². The van der Waals surface area contributed by atoms with Crippen LogP contribution < -0.4 is 20.9 Å². The Morgan fingerprint density at radius 1 is 0.450 bits per heavy atom. The Balaban J connectivity index is 1.70. The van der Waals surface area contributed by atoms with Gasteiger partial charge < -0.3 is 20.9 Å². The first-order valence-corrected chi connectivity index (χ1v) is 11.0. The molecule has 0 heterocycles. The van der Waals surface area contributed by atoms with Gasteiger partial charge in [-0.25, -0.2) is 0 Å². The van der Waals surface area contributed by atoms with Crippen molar-refractivity contribution in [3.05, 3.63) is 83.9 Å². The van der Waals surface area contributed by atoms with Crippen molar-refractivity contribution < 1.29 is 53.4 Å². The monoisotopic (exact) mass is 578 g/mol. The molecule has 4 aromatic rings. The number of alkyl halides is 10. The number of ether oxygens (including phenoxy) is 2. The molecule has 4 N–H and O–H groups in total. The van der Waals surface area contributed by atoms with Gasteiger partial charge in [-0.05, 0) is 71.4 Å². The lowest BCUT2D eigenvalue weighted by Crippen LogP contribution is -2.34. The summed E-state index contributed by atoms with van der Waals surface area (Å²) in [6.07, 6.45) is -11.9. The van der Waals surface area contributed by atoms with E-state index in [2.05, 4.69) is 0 Å². The molecule has 0 saturated carbocycles. The van der Waals surface area contributed by atoms with Gasteiger partial charge in [-0.15, -0.1) is 0 Å². The number of anilines is 2. The minimum atomic E-state index is -5.95. The summed E-state index contributed by atoms with van der Waals surface area (Å²) >= 11 is 0. The highest BCUT2D eigenvalue weighted by Crippen LogP contribution is 2.50. The normalized spacial score (nSPS) is 12.9. The van der Waals surface area contributed by atoms with Crippen molar-refractivity contribution in [1.82, 2.24) is 0 Å². The quantitative estimate of drug-likeness (QED) is 0.177. The maximum atomic E-state index is 14.1. The molecule has 0 aliphatic rings. The Kier molecular flexibility index (Phi) is 6.93. The summed E-state index contributed by atoms with van der Waals surface area (Å²) in [6, 6.07) is 12.4. The summed E-state index contributed by atoms with van der Waals surface area (Å²) in [5, 5.41) is 0.671. The Hall–Kier alpha value is -4.36. The van der Waals surface area contributed by atoms with Gasteiger partial charge in [-0.1, -0.05) is 12.1 Å². The molecule has 0 atom stereocenters. The van der Waals surface area contributed by atoms with E-state index >= 15 is 0 Å². The van der Waals surface area contributed by atoms with Gasteiger partial charge in [0.15, 0.2) is 0 Å². The van der Waals surface area contributed by atoms with E-state index in [1.54, 1.807) is 0 Å². The number of nitrogen functional groups attached to an aromatic ring is 2. The van der Waals surface area contributed by atoms with Gasteiger partial charge in [0, 0.05) is 11.4 Å². The minimum absolute atomic E-state index is 0.203. The molecule has 0 aliphatic heterocycles. The number of halogens is 10. The first-order valence-electron chi connectivity index (χ1n) is 11.0. The molecule has 4 nitrogen and oxygen atoms in total. The van der Waals surface area contributed by atoms with Gasteiger partial charge >= 0.3 is 24.2 Å². The molecule has 0 aliphatic carbocycles. The van der Waals surface area contributed by atoms with Crippen LogP contribution in [0, 0.1) is 0 Å². The SMILES string of the molecule is Nc1ccc(Oc2ccc3ccc(Oc4ccc(N)cc4C(F)(F)C(F)(F)F)cc3c2)c(C(F)(F)C(F)(F)F)c1. The van der Waals surface area contributed by atoms with Crippen molar-refractivity contribution >= 4 is 22.1 Å². The van der Waals surface area contributed by atoms with Crippen LogP contribution in [0.15, 0.2) is 72.8 Å². The molecule has 0 bridgehead atoms.